The van der Waals surface area contributed by atoms with E-state index in [1.807, 2.05) is 0 Å². The van der Waals surface area contributed by atoms with Gasteiger partial charge >= 0.3 is 0 Å². The van der Waals surface area contributed by atoms with Crippen LogP contribution in [-0.2, 0) is 4.79 Å². The number of allylic oxidation sites excluding steroid dienone is 1. The van der Waals surface area contributed by atoms with Gasteiger partial charge in [0.05, 0.1) is 0 Å². The molecule has 3 nitrogen and oxygen atoms in total. The van der Waals surface area contributed by atoms with Crippen LogP contribution in [0.25, 0.3) is 6.08 Å². The average molecular weight is 175 g/mol. The van der Waals surface area contributed by atoms with Crippen molar-refractivity contribution in [3.8, 4) is 0 Å². The van der Waals surface area contributed by atoms with Crippen molar-refractivity contribution in [2.75, 3.05) is 0 Å². The first-order chi connectivity index (χ1) is 6.25. The third-order valence-electron chi connectivity index (χ3n) is 1.58. The van der Waals surface area contributed by atoms with E-state index in [-0.39, 0.29) is 0 Å². The summed E-state index contributed by atoms with van der Waals surface area (Å²) < 4.78 is 0. The zero-order chi connectivity index (χ0) is 9.68. The molecule has 0 unspecified atom stereocenters. The Bertz CT molecular complexity index is 356. The van der Waals surface area contributed by atoms with Crippen LogP contribution in [0.4, 0.5) is 0 Å². The predicted molar refractivity (Wildman–Crippen MR) is 50.1 cm³/mol. The first kappa shape index (κ1) is 9.19. The summed E-state index contributed by atoms with van der Waals surface area (Å²) in [5.74, 6) is -0.494. The van der Waals surface area contributed by atoms with Crippen molar-refractivity contribution in [1.82, 2.24) is 0 Å². The molecule has 0 fully saturated rings. The molecule has 0 heterocycles. The molecule has 3 heteroatoms. The first-order valence-electron chi connectivity index (χ1n) is 3.76. The Kier molecular flexibility index (Phi) is 2.97. The molecule has 13 heavy (non-hydrogen) atoms. The zero-order valence-electron chi connectivity index (χ0n) is 6.94. The summed E-state index contributed by atoms with van der Waals surface area (Å²) >= 11 is 0. The number of hydrogen-bond donors (Lipinski definition) is 1. The third kappa shape index (κ3) is 2.27. The highest BCUT2D eigenvalue weighted by atomic mass is 16.1. The number of carbonyl (C=O) groups excluding carboxylic acids is 2. The lowest BCUT2D eigenvalue weighted by Crippen LogP contribution is -2.12. The van der Waals surface area contributed by atoms with E-state index in [1.54, 1.807) is 30.3 Å². The highest BCUT2D eigenvalue weighted by molar-refractivity contribution is 5.97. The van der Waals surface area contributed by atoms with Gasteiger partial charge in [0.15, 0.2) is 0 Å². The Morgan fingerprint density at radius 2 is 2.00 bits per heavy atom. The molecule has 0 aliphatic heterocycles. The van der Waals surface area contributed by atoms with E-state index in [0.717, 1.165) is 0 Å². The molecule has 0 radical (unpaired) electrons. The molecule has 0 aliphatic rings. The number of nitrogens with two attached hydrogens (primary N) is 1. The van der Waals surface area contributed by atoms with Crippen LogP contribution in [0.15, 0.2) is 30.3 Å². The molecule has 1 aromatic rings. The molecule has 0 bridgehead atoms. The van der Waals surface area contributed by atoms with E-state index >= 15 is 0 Å². The Morgan fingerprint density at radius 3 is 2.62 bits per heavy atom. The summed E-state index contributed by atoms with van der Waals surface area (Å²) in [6.07, 6.45) is 3.52. The van der Waals surface area contributed by atoms with Gasteiger partial charge in [0.25, 0.3) is 0 Å². The van der Waals surface area contributed by atoms with Crippen LogP contribution in [0, 0.1) is 0 Å². The number of rotatable bonds is 3. The van der Waals surface area contributed by atoms with Crippen LogP contribution in [0.2, 0.25) is 0 Å². The zero-order valence-corrected chi connectivity index (χ0v) is 6.94. The SMILES string of the molecule is NC(=O)c1ccccc1/C=C/C=O. The quantitative estimate of drug-likeness (QED) is 0.550. The Balaban J connectivity index is 3.11. The van der Waals surface area contributed by atoms with Crippen LogP contribution in [0.3, 0.4) is 0 Å². The van der Waals surface area contributed by atoms with Gasteiger partial charge in [0, 0.05) is 5.56 Å². The predicted octanol–water partition coefficient (Wildman–Crippen LogP) is 0.998. The van der Waals surface area contributed by atoms with Gasteiger partial charge in [-0.3, -0.25) is 9.59 Å². The van der Waals surface area contributed by atoms with Crippen molar-refractivity contribution in [2.24, 2.45) is 5.73 Å². The lowest BCUT2D eigenvalue weighted by atomic mass is 10.1. The molecule has 0 aromatic heterocycles. The van der Waals surface area contributed by atoms with E-state index in [4.69, 9.17) is 5.73 Å². The minimum Gasteiger partial charge on any atom is -0.366 e. The average Bonchev–Trinajstić information content (AvgIpc) is 2.15. The highest BCUT2D eigenvalue weighted by Gasteiger charge is 2.02. The standard InChI is InChI=1S/C10H9NO2/c11-10(13)9-6-2-1-4-8(9)5-3-7-12/h1-7H,(H2,11,13)/b5-3+. The summed E-state index contributed by atoms with van der Waals surface area (Å²) in [5.41, 5.74) is 6.20. The maximum atomic E-state index is 10.9. The van der Waals surface area contributed by atoms with E-state index < -0.39 is 5.91 Å². The van der Waals surface area contributed by atoms with E-state index in [0.29, 0.717) is 17.4 Å². The second-order valence-corrected chi connectivity index (χ2v) is 2.45. The fraction of sp³-hybridized carbons (Fsp3) is 0. The summed E-state index contributed by atoms with van der Waals surface area (Å²) in [6.45, 7) is 0. The molecule has 1 amide bonds. The molecule has 1 rings (SSSR count). The van der Waals surface area contributed by atoms with E-state index in [1.165, 1.54) is 6.08 Å². The molecule has 0 spiro atoms. The van der Waals surface area contributed by atoms with E-state index in [9.17, 15) is 9.59 Å². The van der Waals surface area contributed by atoms with Crippen LogP contribution in [0.5, 0.6) is 0 Å². The number of primary amides is 1. The van der Waals surface area contributed by atoms with Crippen molar-refractivity contribution in [3.63, 3.8) is 0 Å². The molecule has 0 saturated heterocycles. The minimum absolute atomic E-state index is 0.417. The topological polar surface area (TPSA) is 60.2 Å². The normalized spacial score (nSPS) is 10.2. The Labute approximate surface area is 75.9 Å². The van der Waals surface area contributed by atoms with Crippen LogP contribution in [0.1, 0.15) is 15.9 Å². The van der Waals surface area contributed by atoms with Crippen molar-refractivity contribution in [2.45, 2.75) is 0 Å². The van der Waals surface area contributed by atoms with Crippen molar-refractivity contribution >= 4 is 18.3 Å². The van der Waals surface area contributed by atoms with Gasteiger partial charge in [-0.25, -0.2) is 0 Å². The van der Waals surface area contributed by atoms with Gasteiger partial charge in [0.2, 0.25) is 5.91 Å². The molecule has 0 saturated carbocycles. The highest BCUT2D eigenvalue weighted by Crippen LogP contribution is 2.09. The van der Waals surface area contributed by atoms with Gasteiger partial charge in [-0.15, -0.1) is 0 Å². The van der Waals surface area contributed by atoms with Crippen molar-refractivity contribution in [3.05, 3.63) is 41.5 Å². The molecule has 0 atom stereocenters. The molecule has 0 aliphatic carbocycles. The van der Waals surface area contributed by atoms with Crippen molar-refractivity contribution in [1.29, 1.82) is 0 Å². The maximum Gasteiger partial charge on any atom is 0.249 e. The number of carbonyl (C=O) groups is 2. The fourth-order valence-corrected chi connectivity index (χ4v) is 1.01. The summed E-state index contributed by atoms with van der Waals surface area (Å²) in [4.78, 5) is 20.9. The molecule has 1 aromatic carbocycles. The molecule has 2 N–H and O–H groups in total. The van der Waals surface area contributed by atoms with Crippen LogP contribution >= 0.6 is 0 Å². The third-order valence-corrected chi connectivity index (χ3v) is 1.58. The number of hydrogen-bond acceptors (Lipinski definition) is 2. The second kappa shape index (κ2) is 4.21. The Hall–Kier alpha value is -1.90. The molecular weight excluding hydrogens is 166 g/mol. The van der Waals surface area contributed by atoms with Crippen LogP contribution < -0.4 is 5.73 Å². The minimum atomic E-state index is -0.494. The number of amides is 1. The summed E-state index contributed by atoms with van der Waals surface area (Å²) in [5, 5.41) is 0. The number of benzene rings is 1. The number of aldehydes is 1. The maximum absolute atomic E-state index is 10.9. The Morgan fingerprint density at radius 1 is 1.31 bits per heavy atom. The largest absolute Gasteiger partial charge is 0.366 e. The monoisotopic (exact) mass is 175 g/mol. The van der Waals surface area contributed by atoms with Gasteiger partial charge < -0.3 is 5.73 Å². The second-order valence-electron chi connectivity index (χ2n) is 2.45. The smallest absolute Gasteiger partial charge is 0.249 e. The summed E-state index contributed by atoms with van der Waals surface area (Å²) in [7, 11) is 0. The molecular formula is C10H9NO2. The fourth-order valence-electron chi connectivity index (χ4n) is 1.01. The lowest BCUT2D eigenvalue weighted by molar-refractivity contribution is -0.104. The first-order valence-corrected chi connectivity index (χ1v) is 3.76. The van der Waals surface area contributed by atoms with Gasteiger partial charge in [-0.2, -0.15) is 0 Å². The molecule has 66 valence electrons. The van der Waals surface area contributed by atoms with Crippen LogP contribution in [-0.4, -0.2) is 12.2 Å². The van der Waals surface area contributed by atoms with E-state index in [2.05, 4.69) is 0 Å². The lowest BCUT2D eigenvalue weighted by Gasteiger charge is -1.99. The van der Waals surface area contributed by atoms with Gasteiger partial charge in [0.1, 0.15) is 6.29 Å². The summed E-state index contributed by atoms with van der Waals surface area (Å²) in [6, 6.07) is 6.84. The van der Waals surface area contributed by atoms with Gasteiger partial charge in [-0.05, 0) is 17.7 Å². The van der Waals surface area contributed by atoms with Crippen molar-refractivity contribution < 1.29 is 9.59 Å². The van der Waals surface area contributed by atoms with Gasteiger partial charge in [-0.1, -0.05) is 24.3 Å².